The van der Waals surface area contributed by atoms with Crippen molar-refractivity contribution in [2.45, 2.75) is 52.6 Å². The first kappa shape index (κ1) is 12.2. The molecule has 0 aliphatic heterocycles. The van der Waals surface area contributed by atoms with Crippen LogP contribution in [0.5, 0.6) is 0 Å². The Hall–Kier alpha value is -0.790. The van der Waals surface area contributed by atoms with Crippen molar-refractivity contribution < 1.29 is 9.53 Å². The van der Waals surface area contributed by atoms with Crippen LogP contribution in [-0.2, 0) is 9.53 Å². The van der Waals surface area contributed by atoms with Gasteiger partial charge in [-0.3, -0.25) is 0 Å². The largest absolute Gasteiger partial charge is 0.459 e. The first-order valence-electron chi connectivity index (χ1n) is 5.00. The third kappa shape index (κ3) is 5.45. The zero-order valence-corrected chi connectivity index (χ0v) is 8.93. The second-order valence-electron chi connectivity index (χ2n) is 3.32. The molecule has 0 bridgehead atoms. The predicted molar refractivity (Wildman–Crippen MR) is 54.5 cm³/mol. The van der Waals surface area contributed by atoms with Crippen LogP contribution < -0.4 is 0 Å². The molecule has 2 heteroatoms. The lowest BCUT2D eigenvalue weighted by molar-refractivity contribution is -0.143. The summed E-state index contributed by atoms with van der Waals surface area (Å²) in [5, 5.41) is 0. The normalized spacial score (nSPS) is 12.2. The molecule has 1 unspecified atom stereocenters. The lowest BCUT2D eigenvalue weighted by Crippen LogP contribution is -2.15. The SMILES string of the molecule is C=C(CC)C(=O)OC(C)CCCC. The fourth-order valence-corrected chi connectivity index (χ4v) is 0.961. The summed E-state index contributed by atoms with van der Waals surface area (Å²) >= 11 is 0. The molecule has 0 rings (SSSR count). The van der Waals surface area contributed by atoms with E-state index in [0.29, 0.717) is 12.0 Å². The van der Waals surface area contributed by atoms with E-state index in [9.17, 15) is 4.79 Å². The summed E-state index contributed by atoms with van der Waals surface area (Å²) in [5.41, 5.74) is 0.559. The summed E-state index contributed by atoms with van der Waals surface area (Å²) in [6.07, 6.45) is 3.87. The van der Waals surface area contributed by atoms with Gasteiger partial charge in [0, 0.05) is 5.57 Å². The molecule has 0 aromatic carbocycles. The van der Waals surface area contributed by atoms with E-state index in [0.717, 1.165) is 19.3 Å². The van der Waals surface area contributed by atoms with E-state index in [1.165, 1.54) is 0 Å². The summed E-state index contributed by atoms with van der Waals surface area (Å²) < 4.78 is 5.17. The molecule has 0 amide bonds. The van der Waals surface area contributed by atoms with Gasteiger partial charge >= 0.3 is 5.97 Å². The molecule has 1 atom stereocenters. The molecule has 0 N–H and O–H groups in total. The maximum atomic E-state index is 11.2. The van der Waals surface area contributed by atoms with Crippen molar-refractivity contribution in [3.05, 3.63) is 12.2 Å². The minimum atomic E-state index is -0.244. The van der Waals surface area contributed by atoms with Gasteiger partial charge in [-0.15, -0.1) is 0 Å². The number of rotatable bonds is 6. The van der Waals surface area contributed by atoms with E-state index in [1.807, 2.05) is 13.8 Å². The quantitative estimate of drug-likeness (QED) is 0.468. The molecule has 0 aliphatic rings. The number of ether oxygens (including phenoxy) is 1. The minimum Gasteiger partial charge on any atom is -0.459 e. The maximum absolute atomic E-state index is 11.2. The molecule has 0 saturated carbocycles. The van der Waals surface area contributed by atoms with Crippen LogP contribution >= 0.6 is 0 Å². The number of carbonyl (C=O) groups excluding carboxylic acids is 1. The molecular formula is C11H20O2. The number of hydrogen-bond acceptors (Lipinski definition) is 2. The number of hydrogen-bond donors (Lipinski definition) is 0. The number of carbonyl (C=O) groups is 1. The van der Waals surface area contributed by atoms with Crippen LogP contribution in [-0.4, -0.2) is 12.1 Å². The highest BCUT2D eigenvalue weighted by molar-refractivity contribution is 5.87. The Balaban J connectivity index is 3.71. The second-order valence-corrected chi connectivity index (χ2v) is 3.32. The molecule has 0 heterocycles. The Labute approximate surface area is 81.0 Å². The third-order valence-electron chi connectivity index (χ3n) is 1.99. The van der Waals surface area contributed by atoms with E-state index in [4.69, 9.17) is 4.74 Å². The Bertz CT molecular complexity index is 173. The molecule has 2 nitrogen and oxygen atoms in total. The van der Waals surface area contributed by atoms with Crippen molar-refractivity contribution in [1.82, 2.24) is 0 Å². The standard InChI is InChI=1S/C11H20O2/c1-5-7-8-10(4)13-11(12)9(3)6-2/h10H,3,5-8H2,1-2,4H3. The van der Waals surface area contributed by atoms with Gasteiger partial charge in [-0.05, 0) is 19.8 Å². The van der Waals surface area contributed by atoms with Crippen LogP contribution in [0, 0.1) is 0 Å². The minimum absolute atomic E-state index is 0.0238. The highest BCUT2D eigenvalue weighted by atomic mass is 16.5. The predicted octanol–water partition coefficient (Wildman–Crippen LogP) is 3.07. The fourth-order valence-electron chi connectivity index (χ4n) is 0.961. The van der Waals surface area contributed by atoms with Gasteiger partial charge in [0.15, 0.2) is 0 Å². The van der Waals surface area contributed by atoms with Crippen LogP contribution in [0.3, 0.4) is 0 Å². The van der Waals surface area contributed by atoms with Crippen molar-refractivity contribution in [3.8, 4) is 0 Å². The number of esters is 1. The molecule has 0 radical (unpaired) electrons. The van der Waals surface area contributed by atoms with Gasteiger partial charge in [0.1, 0.15) is 0 Å². The van der Waals surface area contributed by atoms with E-state index in [1.54, 1.807) is 0 Å². The molecule has 0 spiro atoms. The molecule has 0 aliphatic carbocycles. The maximum Gasteiger partial charge on any atom is 0.333 e. The van der Waals surface area contributed by atoms with E-state index < -0.39 is 0 Å². The van der Waals surface area contributed by atoms with E-state index in [2.05, 4.69) is 13.5 Å². The molecule has 0 fully saturated rings. The number of unbranched alkanes of at least 4 members (excludes halogenated alkanes) is 1. The van der Waals surface area contributed by atoms with Gasteiger partial charge in [0.25, 0.3) is 0 Å². The van der Waals surface area contributed by atoms with Crippen LogP contribution in [0.25, 0.3) is 0 Å². The van der Waals surface area contributed by atoms with Gasteiger partial charge in [-0.25, -0.2) is 4.79 Å². The van der Waals surface area contributed by atoms with Gasteiger partial charge in [-0.1, -0.05) is 33.3 Å². The summed E-state index contributed by atoms with van der Waals surface area (Å²) in [5.74, 6) is -0.244. The summed E-state index contributed by atoms with van der Waals surface area (Å²) in [6, 6.07) is 0. The van der Waals surface area contributed by atoms with Gasteiger partial charge in [-0.2, -0.15) is 0 Å². The van der Waals surface area contributed by atoms with Crippen LogP contribution in [0.2, 0.25) is 0 Å². The van der Waals surface area contributed by atoms with Crippen molar-refractivity contribution >= 4 is 5.97 Å². The molecule has 0 saturated heterocycles. The van der Waals surface area contributed by atoms with Gasteiger partial charge in [0.05, 0.1) is 6.10 Å². The Morgan fingerprint density at radius 1 is 1.46 bits per heavy atom. The molecule has 76 valence electrons. The monoisotopic (exact) mass is 184 g/mol. The fraction of sp³-hybridized carbons (Fsp3) is 0.727. The third-order valence-corrected chi connectivity index (χ3v) is 1.99. The summed E-state index contributed by atoms with van der Waals surface area (Å²) in [7, 11) is 0. The highest BCUT2D eigenvalue weighted by Crippen LogP contribution is 2.08. The zero-order valence-electron chi connectivity index (χ0n) is 8.93. The van der Waals surface area contributed by atoms with Gasteiger partial charge in [0.2, 0.25) is 0 Å². The van der Waals surface area contributed by atoms with E-state index >= 15 is 0 Å². The van der Waals surface area contributed by atoms with Crippen LogP contribution in [0.15, 0.2) is 12.2 Å². The Kier molecular flexibility index (Phi) is 6.29. The molecule has 0 aromatic rings. The second kappa shape index (κ2) is 6.70. The topological polar surface area (TPSA) is 26.3 Å². The molecule has 13 heavy (non-hydrogen) atoms. The van der Waals surface area contributed by atoms with Crippen LogP contribution in [0.1, 0.15) is 46.5 Å². The smallest absolute Gasteiger partial charge is 0.333 e. The highest BCUT2D eigenvalue weighted by Gasteiger charge is 2.10. The van der Waals surface area contributed by atoms with Crippen LogP contribution in [0.4, 0.5) is 0 Å². The zero-order chi connectivity index (χ0) is 10.3. The molecule has 0 aromatic heterocycles. The average Bonchev–Trinajstić information content (AvgIpc) is 2.13. The van der Waals surface area contributed by atoms with Crippen molar-refractivity contribution in [2.75, 3.05) is 0 Å². The van der Waals surface area contributed by atoms with Crippen molar-refractivity contribution in [2.24, 2.45) is 0 Å². The van der Waals surface area contributed by atoms with E-state index in [-0.39, 0.29) is 12.1 Å². The molecular weight excluding hydrogens is 164 g/mol. The van der Waals surface area contributed by atoms with Crippen molar-refractivity contribution in [3.63, 3.8) is 0 Å². The lowest BCUT2D eigenvalue weighted by atomic mass is 10.2. The summed E-state index contributed by atoms with van der Waals surface area (Å²) in [6.45, 7) is 9.59. The van der Waals surface area contributed by atoms with Gasteiger partial charge < -0.3 is 4.74 Å². The average molecular weight is 184 g/mol. The Morgan fingerprint density at radius 2 is 2.08 bits per heavy atom. The van der Waals surface area contributed by atoms with Crippen molar-refractivity contribution in [1.29, 1.82) is 0 Å². The lowest BCUT2D eigenvalue weighted by Gasteiger charge is -2.12. The first-order chi connectivity index (χ1) is 6.11. The first-order valence-corrected chi connectivity index (χ1v) is 5.00. The summed E-state index contributed by atoms with van der Waals surface area (Å²) in [4.78, 5) is 11.2. The Morgan fingerprint density at radius 3 is 2.54 bits per heavy atom.